The van der Waals surface area contributed by atoms with Crippen molar-refractivity contribution in [3.05, 3.63) is 66.2 Å². The average molecular weight is 422 g/mol. The molecule has 0 saturated heterocycles. The molecule has 0 aliphatic rings. The smallest absolute Gasteiger partial charge is 0.210 e. The summed E-state index contributed by atoms with van der Waals surface area (Å²) in [7, 11) is -9.64. The Labute approximate surface area is 155 Å². The molecule has 11 heteroatoms. The Morgan fingerprint density at radius 2 is 1.37 bits per heavy atom. The van der Waals surface area contributed by atoms with Gasteiger partial charge in [0.1, 0.15) is 0 Å². The van der Waals surface area contributed by atoms with Gasteiger partial charge in [0.15, 0.2) is 0 Å². The molecular weight excluding hydrogens is 405 g/mol. The van der Waals surface area contributed by atoms with Gasteiger partial charge in [-0.2, -0.15) is 13.2 Å². The number of hydrogen-bond donors (Lipinski definition) is 2. The molecule has 0 bridgehead atoms. The molecule has 0 amide bonds. The van der Waals surface area contributed by atoms with E-state index in [2.05, 4.69) is 4.72 Å². The van der Waals surface area contributed by atoms with Gasteiger partial charge < -0.3 is 0 Å². The van der Waals surface area contributed by atoms with Gasteiger partial charge >= 0.3 is 15.5 Å². The molecule has 0 aliphatic carbocycles. The first-order chi connectivity index (χ1) is 12.5. The average Bonchev–Trinajstić information content (AvgIpc) is 2.60. The lowest BCUT2D eigenvalue weighted by molar-refractivity contribution is -0.0450. The van der Waals surface area contributed by atoms with Crippen molar-refractivity contribution in [2.24, 2.45) is 0 Å². The SMILES string of the molecule is O=S(=O)(NC[C@H](Cc1ccccc1)NS(=O)(=O)C(F)(F)F)c1ccccc1. The van der Waals surface area contributed by atoms with Crippen molar-refractivity contribution in [1.29, 1.82) is 0 Å². The number of nitrogens with one attached hydrogen (secondary N) is 2. The van der Waals surface area contributed by atoms with Gasteiger partial charge in [-0.05, 0) is 24.1 Å². The van der Waals surface area contributed by atoms with Gasteiger partial charge in [0.25, 0.3) is 0 Å². The molecular formula is C16H17F3N2O4S2. The summed E-state index contributed by atoms with van der Waals surface area (Å²) < 4.78 is 89.1. The third-order valence-electron chi connectivity index (χ3n) is 3.52. The molecule has 2 rings (SSSR count). The Kier molecular flexibility index (Phi) is 6.63. The van der Waals surface area contributed by atoms with Crippen LogP contribution in [0.5, 0.6) is 0 Å². The van der Waals surface area contributed by atoms with Gasteiger partial charge in [-0.1, -0.05) is 48.5 Å². The zero-order valence-electron chi connectivity index (χ0n) is 13.8. The van der Waals surface area contributed by atoms with Crippen molar-refractivity contribution >= 4 is 20.0 Å². The Balaban J connectivity index is 2.19. The van der Waals surface area contributed by atoms with Crippen molar-refractivity contribution in [3.8, 4) is 0 Å². The van der Waals surface area contributed by atoms with Crippen LogP contribution in [-0.2, 0) is 26.5 Å². The fraction of sp³-hybridized carbons (Fsp3) is 0.250. The van der Waals surface area contributed by atoms with E-state index >= 15 is 0 Å². The third kappa shape index (κ3) is 6.03. The molecule has 0 fully saturated rings. The first-order valence-corrected chi connectivity index (χ1v) is 10.7. The maximum absolute atomic E-state index is 12.7. The van der Waals surface area contributed by atoms with Gasteiger partial charge in [-0.15, -0.1) is 0 Å². The van der Waals surface area contributed by atoms with Crippen LogP contribution in [-0.4, -0.2) is 34.9 Å². The molecule has 1 atom stereocenters. The topological polar surface area (TPSA) is 92.3 Å². The van der Waals surface area contributed by atoms with Crippen LogP contribution in [0.3, 0.4) is 0 Å². The molecule has 148 valence electrons. The monoisotopic (exact) mass is 422 g/mol. The minimum atomic E-state index is -5.63. The lowest BCUT2D eigenvalue weighted by atomic mass is 10.1. The fourth-order valence-corrected chi connectivity index (χ4v) is 4.08. The molecule has 0 aliphatic heterocycles. The minimum absolute atomic E-state index is 0.0814. The Morgan fingerprint density at radius 1 is 0.852 bits per heavy atom. The van der Waals surface area contributed by atoms with Crippen molar-refractivity contribution in [3.63, 3.8) is 0 Å². The predicted octanol–water partition coefficient (Wildman–Crippen LogP) is 2.02. The molecule has 27 heavy (non-hydrogen) atoms. The molecule has 0 heterocycles. The molecule has 0 saturated carbocycles. The summed E-state index contributed by atoms with van der Waals surface area (Å²) in [5, 5.41) is 0. The fourth-order valence-electron chi connectivity index (χ4n) is 2.23. The van der Waals surface area contributed by atoms with Crippen LogP contribution in [0, 0.1) is 0 Å². The molecule has 0 aromatic heterocycles. The maximum atomic E-state index is 12.7. The van der Waals surface area contributed by atoms with E-state index in [0.29, 0.717) is 5.56 Å². The van der Waals surface area contributed by atoms with Crippen molar-refractivity contribution in [2.75, 3.05) is 6.54 Å². The van der Waals surface area contributed by atoms with Gasteiger partial charge in [-0.3, -0.25) is 0 Å². The van der Waals surface area contributed by atoms with Crippen molar-refractivity contribution in [2.45, 2.75) is 22.9 Å². The largest absolute Gasteiger partial charge is 0.511 e. The number of hydrogen-bond acceptors (Lipinski definition) is 4. The zero-order valence-corrected chi connectivity index (χ0v) is 15.5. The van der Waals surface area contributed by atoms with Crippen LogP contribution in [0.4, 0.5) is 13.2 Å². The molecule has 6 nitrogen and oxygen atoms in total. The van der Waals surface area contributed by atoms with Crippen LogP contribution in [0.1, 0.15) is 5.56 Å². The van der Waals surface area contributed by atoms with Crippen molar-refractivity contribution in [1.82, 2.24) is 9.44 Å². The molecule has 2 N–H and O–H groups in total. The number of rotatable bonds is 8. The summed E-state index contributed by atoms with van der Waals surface area (Å²) >= 11 is 0. The lowest BCUT2D eigenvalue weighted by Crippen LogP contribution is -2.48. The molecule has 2 aromatic rings. The van der Waals surface area contributed by atoms with Crippen LogP contribution in [0.2, 0.25) is 0 Å². The number of halogens is 3. The Hall–Kier alpha value is -1.95. The Bertz CT molecular complexity index is 948. The van der Waals surface area contributed by atoms with E-state index in [4.69, 9.17) is 0 Å². The molecule has 0 spiro atoms. The Morgan fingerprint density at radius 3 is 1.89 bits per heavy atom. The quantitative estimate of drug-likeness (QED) is 0.681. The molecule has 2 aromatic carbocycles. The minimum Gasteiger partial charge on any atom is -0.210 e. The van der Waals surface area contributed by atoms with E-state index in [1.807, 2.05) is 0 Å². The molecule has 0 unspecified atom stereocenters. The normalized spacial score (nSPS) is 14.0. The highest BCUT2D eigenvalue weighted by Gasteiger charge is 2.46. The highest BCUT2D eigenvalue weighted by Crippen LogP contribution is 2.22. The summed E-state index contributed by atoms with van der Waals surface area (Å²) in [5.74, 6) is 0. The number of sulfonamides is 2. The highest BCUT2D eigenvalue weighted by molar-refractivity contribution is 7.90. The zero-order chi connectivity index (χ0) is 20.1. The summed E-state index contributed by atoms with van der Waals surface area (Å²) in [5.41, 5.74) is -4.95. The van der Waals surface area contributed by atoms with Gasteiger partial charge in [0, 0.05) is 12.6 Å². The second-order valence-corrected chi connectivity index (χ2v) is 9.09. The summed E-state index contributed by atoms with van der Waals surface area (Å²) in [4.78, 5) is -0.0814. The van der Waals surface area contributed by atoms with Crippen LogP contribution in [0.15, 0.2) is 65.6 Å². The molecule has 0 radical (unpaired) electrons. The van der Waals surface area contributed by atoms with Crippen LogP contribution < -0.4 is 9.44 Å². The number of benzene rings is 2. The van der Waals surface area contributed by atoms with Crippen LogP contribution >= 0.6 is 0 Å². The van der Waals surface area contributed by atoms with E-state index in [1.165, 1.54) is 29.0 Å². The predicted molar refractivity (Wildman–Crippen MR) is 93.7 cm³/mol. The first-order valence-electron chi connectivity index (χ1n) is 7.68. The summed E-state index contributed by atoms with van der Waals surface area (Å²) in [6, 6.07) is 14.0. The summed E-state index contributed by atoms with van der Waals surface area (Å²) in [6.45, 7) is -0.554. The van der Waals surface area contributed by atoms with E-state index in [1.54, 1.807) is 36.4 Å². The second kappa shape index (κ2) is 8.38. The van der Waals surface area contributed by atoms with Gasteiger partial charge in [0.2, 0.25) is 10.0 Å². The maximum Gasteiger partial charge on any atom is 0.511 e. The summed E-state index contributed by atoms with van der Waals surface area (Å²) in [6.07, 6.45) is -0.131. The van der Waals surface area contributed by atoms with Crippen molar-refractivity contribution < 1.29 is 30.0 Å². The van der Waals surface area contributed by atoms with E-state index < -0.39 is 38.1 Å². The number of alkyl halides is 3. The lowest BCUT2D eigenvalue weighted by Gasteiger charge is -2.20. The van der Waals surface area contributed by atoms with E-state index in [-0.39, 0.29) is 11.3 Å². The second-order valence-electron chi connectivity index (χ2n) is 5.62. The highest BCUT2D eigenvalue weighted by atomic mass is 32.2. The van der Waals surface area contributed by atoms with Crippen LogP contribution in [0.25, 0.3) is 0 Å². The first kappa shape index (κ1) is 21.4. The van der Waals surface area contributed by atoms with E-state index in [0.717, 1.165) is 0 Å². The van der Waals surface area contributed by atoms with Gasteiger partial charge in [-0.25, -0.2) is 26.3 Å². The van der Waals surface area contributed by atoms with E-state index in [9.17, 15) is 30.0 Å². The standard InChI is InChI=1S/C16H17F3N2O4S2/c17-16(18,19)27(24,25)21-14(11-13-7-3-1-4-8-13)12-20-26(22,23)15-9-5-2-6-10-15/h1-10,14,20-21H,11-12H2/t14-/m0/s1. The third-order valence-corrected chi connectivity index (χ3v) is 6.22. The van der Waals surface area contributed by atoms with Gasteiger partial charge in [0.05, 0.1) is 4.90 Å².